The van der Waals surface area contributed by atoms with Crippen LogP contribution in [0.1, 0.15) is 13.3 Å². The van der Waals surface area contributed by atoms with Gasteiger partial charge in [0.2, 0.25) is 0 Å². The third-order valence-electron chi connectivity index (χ3n) is 2.98. The third kappa shape index (κ3) is 1.14. The van der Waals surface area contributed by atoms with Gasteiger partial charge in [0.15, 0.2) is 0 Å². The molecule has 0 spiro atoms. The Morgan fingerprint density at radius 2 is 2.36 bits per heavy atom. The van der Waals surface area contributed by atoms with E-state index in [-0.39, 0.29) is 0 Å². The fraction of sp³-hybridized carbons (Fsp3) is 0.600. The zero-order chi connectivity index (χ0) is 7.73. The van der Waals surface area contributed by atoms with Crippen LogP contribution in [0.2, 0.25) is 0 Å². The van der Waals surface area contributed by atoms with Gasteiger partial charge in [0.25, 0.3) is 0 Å². The van der Waals surface area contributed by atoms with Gasteiger partial charge in [-0.1, -0.05) is 31.2 Å². The number of rotatable bonds is 0. The molecule has 1 N–H and O–H groups in total. The molecule has 1 nitrogen and oxygen atoms in total. The Morgan fingerprint density at radius 1 is 1.45 bits per heavy atom. The first kappa shape index (κ1) is 7.11. The van der Waals surface area contributed by atoms with Crippen molar-refractivity contribution >= 4 is 0 Å². The predicted octanol–water partition coefficient (Wildman–Crippen LogP) is 1.73. The first-order valence-electron chi connectivity index (χ1n) is 4.38. The van der Waals surface area contributed by atoms with Gasteiger partial charge in [-0.2, -0.15) is 0 Å². The average Bonchev–Trinajstić information content (AvgIpc) is 2.03. The molecule has 1 aliphatic heterocycles. The minimum absolute atomic E-state index is 0.444. The molecule has 0 aromatic heterocycles. The quantitative estimate of drug-likeness (QED) is 0.553. The Labute approximate surface area is 68.2 Å². The molecule has 0 radical (unpaired) electrons. The van der Waals surface area contributed by atoms with Crippen molar-refractivity contribution < 1.29 is 0 Å². The Kier molecular flexibility index (Phi) is 1.61. The Bertz CT molecular complexity index is 205. The van der Waals surface area contributed by atoms with Crippen LogP contribution >= 0.6 is 0 Å². The van der Waals surface area contributed by atoms with E-state index < -0.39 is 0 Å². The molecule has 1 saturated heterocycles. The van der Waals surface area contributed by atoms with Crippen molar-refractivity contribution in [3.8, 4) is 0 Å². The standard InChI is InChI=1S/C10H15N/c1-10-5-3-2-4-9(10)8-11-7-6-10/h2-5,9,11H,6-8H2,1H3. The van der Waals surface area contributed by atoms with Crippen LogP contribution in [-0.4, -0.2) is 13.1 Å². The molecule has 0 aromatic carbocycles. The summed E-state index contributed by atoms with van der Waals surface area (Å²) >= 11 is 0. The van der Waals surface area contributed by atoms with Crippen molar-refractivity contribution in [2.45, 2.75) is 13.3 Å². The molecule has 0 bridgehead atoms. The van der Waals surface area contributed by atoms with E-state index in [4.69, 9.17) is 0 Å². The largest absolute Gasteiger partial charge is 0.316 e. The topological polar surface area (TPSA) is 12.0 Å². The van der Waals surface area contributed by atoms with Crippen molar-refractivity contribution in [1.82, 2.24) is 5.32 Å². The van der Waals surface area contributed by atoms with Gasteiger partial charge in [-0.05, 0) is 24.3 Å². The number of hydrogen-bond acceptors (Lipinski definition) is 1. The van der Waals surface area contributed by atoms with Crippen LogP contribution < -0.4 is 5.32 Å². The molecule has 0 saturated carbocycles. The highest BCUT2D eigenvalue weighted by Crippen LogP contribution is 2.37. The fourth-order valence-electron chi connectivity index (χ4n) is 2.00. The van der Waals surface area contributed by atoms with Crippen molar-refractivity contribution in [3.05, 3.63) is 24.3 Å². The van der Waals surface area contributed by atoms with Gasteiger partial charge in [-0.15, -0.1) is 0 Å². The van der Waals surface area contributed by atoms with Crippen molar-refractivity contribution in [3.63, 3.8) is 0 Å². The molecular formula is C10H15N. The van der Waals surface area contributed by atoms with E-state index in [0.29, 0.717) is 5.41 Å². The fourth-order valence-corrected chi connectivity index (χ4v) is 2.00. The molecule has 2 aliphatic rings. The molecule has 11 heavy (non-hydrogen) atoms. The van der Waals surface area contributed by atoms with Gasteiger partial charge in [-0.3, -0.25) is 0 Å². The van der Waals surface area contributed by atoms with Crippen LogP contribution in [0.5, 0.6) is 0 Å². The van der Waals surface area contributed by atoms with Crippen LogP contribution in [0, 0.1) is 11.3 Å². The van der Waals surface area contributed by atoms with Crippen LogP contribution in [0.3, 0.4) is 0 Å². The van der Waals surface area contributed by atoms with Gasteiger partial charge in [0.1, 0.15) is 0 Å². The Morgan fingerprint density at radius 3 is 3.18 bits per heavy atom. The van der Waals surface area contributed by atoms with E-state index in [0.717, 1.165) is 12.5 Å². The summed E-state index contributed by atoms with van der Waals surface area (Å²) in [5, 5.41) is 3.42. The first-order chi connectivity index (χ1) is 5.31. The minimum atomic E-state index is 0.444. The summed E-state index contributed by atoms with van der Waals surface area (Å²) in [6.07, 6.45) is 10.3. The second-order valence-corrected chi connectivity index (χ2v) is 3.81. The van der Waals surface area contributed by atoms with E-state index in [9.17, 15) is 0 Å². The number of hydrogen-bond donors (Lipinski definition) is 1. The maximum absolute atomic E-state index is 3.42. The van der Waals surface area contributed by atoms with E-state index in [1.54, 1.807) is 0 Å². The highest BCUT2D eigenvalue weighted by molar-refractivity contribution is 5.20. The summed E-state index contributed by atoms with van der Waals surface area (Å²) in [7, 11) is 0. The summed E-state index contributed by atoms with van der Waals surface area (Å²) in [5.41, 5.74) is 0.444. The highest BCUT2D eigenvalue weighted by atomic mass is 14.9. The molecule has 2 atom stereocenters. The molecule has 1 heterocycles. The van der Waals surface area contributed by atoms with Crippen LogP contribution in [0.4, 0.5) is 0 Å². The highest BCUT2D eigenvalue weighted by Gasteiger charge is 2.33. The van der Waals surface area contributed by atoms with Gasteiger partial charge < -0.3 is 5.32 Å². The molecule has 0 amide bonds. The van der Waals surface area contributed by atoms with Gasteiger partial charge >= 0.3 is 0 Å². The Balaban J connectivity index is 2.22. The smallest absolute Gasteiger partial charge is 0.00226 e. The van der Waals surface area contributed by atoms with Crippen LogP contribution in [0.25, 0.3) is 0 Å². The lowest BCUT2D eigenvalue weighted by Gasteiger charge is -2.39. The molecule has 1 aliphatic carbocycles. The molecule has 0 aromatic rings. The van der Waals surface area contributed by atoms with E-state index >= 15 is 0 Å². The zero-order valence-electron chi connectivity index (χ0n) is 7.01. The van der Waals surface area contributed by atoms with Gasteiger partial charge in [0, 0.05) is 6.54 Å². The predicted molar refractivity (Wildman–Crippen MR) is 47.4 cm³/mol. The average molecular weight is 149 g/mol. The summed E-state index contributed by atoms with van der Waals surface area (Å²) < 4.78 is 0. The Hall–Kier alpha value is -0.560. The van der Waals surface area contributed by atoms with Gasteiger partial charge in [0.05, 0.1) is 0 Å². The van der Waals surface area contributed by atoms with Crippen molar-refractivity contribution in [2.24, 2.45) is 11.3 Å². The summed E-state index contributed by atoms with van der Waals surface area (Å²) in [6.45, 7) is 4.68. The van der Waals surface area contributed by atoms with E-state index in [1.807, 2.05) is 0 Å². The van der Waals surface area contributed by atoms with Crippen molar-refractivity contribution in [2.75, 3.05) is 13.1 Å². The minimum Gasteiger partial charge on any atom is -0.316 e. The van der Waals surface area contributed by atoms with Gasteiger partial charge in [-0.25, -0.2) is 0 Å². The first-order valence-corrected chi connectivity index (χ1v) is 4.38. The molecule has 2 rings (SSSR count). The molecule has 1 fully saturated rings. The van der Waals surface area contributed by atoms with Crippen LogP contribution in [-0.2, 0) is 0 Å². The summed E-state index contributed by atoms with van der Waals surface area (Å²) in [5.74, 6) is 0.723. The van der Waals surface area contributed by atoms with E-state index in [2.05, 4.69) is 36.5 Å². The molecule has 1 heteroatoms. The monoisotopic (exact) mass is 149 g/mol. The molecular weight excluding hydrogens is 134 g/mol. The SMILES string of the molecule is CC12C=CC=CC1CNCC2. The number of nitrogens with one attached hydrogen (secondary N) is 1. The maximum atomic E-state index is 3.42. The van der Waals surface area contributed by atoms with Crippen LogP contribution in [0.15, 0.2) is 24.3 Å². The lowest BCUT2D eigenvalue weighted by molar-refractivity contribution is 0.228. The summed E-state index contributed by atoms with van der Waals surface area (Å²) in [6, 6.07) is 0. The molecule has 2 unspecified atom stereocenters. The second kappa shape index (κ2) is 2.49. The van der Waals surface area contributed by atoms with E-state index in [1.165, 1.54) is 13.0 Å². The lowest BCUT2D eigenvalue weighted by Crippen LogP contribution is -2.42. The maximum Gasteiger partial charge on any atom is 0.00226 e. The number of allylic oxidation sites excluding steroid dienone is 3. The third-order valence-corrected chi connectivity index (χ3v) is 2.98. The number of fused-ring (bicyclic) bond motifs is 1. The normalized spacial score (nSPS) is 42.1. The number of piperidine rings is 1. The second-order valence-electron chi connectivity index (χ2n) is 3.81. The molecule has 60 valence electrons. The zero-order valence-corrected chi connectivity index (χ0v) is 7.01. The van der Waals surface area contributed by atoms with Crippen molar-refractivity contribution in [1.29, 1.82) is 0 Å². The summed E-state index contributed by atoms with van der Waals surface area (Å²) in [4.78, 5) is 0. The lowest BCUT2D eigenvalue weighted by atomic mass is 9.70.